The van der Waals surface area contributed by atoms with Gasteiger partial charge < -0.3 is 9.26 Å². The first kappa shape index (κ1) is 11.6. The van der Waals surface area contributed by atoms with Crippen molar-refractivity contribution in [3.05, 3.63) is 12.2 Å². The zero-order chi connectivity index (χ0) is 11.1. The van der Waals surface area contributed by atoms with Crippen molar-refractivity contribution in [2.45, 2.75) is 19.9 Å². The summed E-state index contributed by atoms with van der Waals surface area (Å²) in [6, 6.07) is 0. The summed E-state index contributed by atoms with van der Waals surface area (Å²) in [5, 5.41) is 3.51. The molecule has 1 aromatic rings. The van der Waals surface area contributed by atoms with Crippen LogP contribution in [0.5, 0.6) is 0 Å². The van der Waals surface area contributed by atoms with Crippen LogP contribution in [0.2, 0.25) is 0 Å². The third kappa shape index (κ3) is 4.07. The molecule has 84 valence electrons. The largest absolute Gasteiger partial charge is 0.468 e. The van der Waals surface area contributed by atoms with E-state index < -0.39 is 0 Å². The van der Waals surface area contributed by atoms with Crippen molar-refractivity contribution in [1.29, 1.82) is 0 Å². The molecular formula is C9H15N3O3. The van der Waals surface area contributed by atoms with Gasteiger partial charge in [-0.3, -0.25) is 9.69 Å². The van der Waals surface area contributed by atoms with Crippen molar-refractivity contribution in [2.75, 3.05) is 20.2 Å². The first-order chi connectivity index (χ1) is 7.26. The van der Waals surface area contributed by atoms with Crippen molar-refractivity contribution in [3.8, 4) is 0 Å². The van der Waals surface area contributed by atoms with Crippen molar-refractivity contribution in [1.82, 2.24) is 15.0 Å². The maximum absolute atomic E-state index is 11.1. The summed E-state index contributed by atoms with van der Waals surface area (Å²) >= 11 is 0. The Hall–Kier alpha value is -1.43. The lowest BCUT2D eigenvalue weighted by molar-refractivity contribution is -0.142. The van der Waals surface area contributed by atoms with Gasteiger partial charge in [0.25, 0.3) is 0 Å². The fourth-order valence-corrected chi connectivity index (χ4v) is 1.23. The summed E-state index contributed by atoms with van der Waals surface area (Å²) in [7, 11) is 1.37. The topological polar surface area (TPSA) is 68.5 Å². The molecule has 0 aromatic carbocycles. The highest BCUT2D eigenvalue weighted by Gasteiger charge is 2.13. The molecule has 0 atom stereocenters. The minimum absolute atomic E-state index is 0.243. The van der Waals surface area contributed by atoms with Gasteiger partial charge in [0.1, 0.15) is 0 Å². The van der Waals surface area contributed by atoms with Crippen LogP contribution in [0.3, 0.4) is 0 Å². The van der Waals surface area contributed by atoms with Crippen LogP contribution < -0.4 is 0 Å². The lowest BCUT2D eigenvalue weighted by Gasteiger charge is -2.17. The third-order valence-electron chi connectivity index (χ3n) is 1.89. The van der Waals surface area contributed by atoms with Crippen LogP contribution in [-0.4, -0.2) is 41.2 Å². The minimum Gasteiger partial charge on any atom is -0.468 e. The van der Waals surface area contributed by atoms with Crippen LogP contribution >= 0.6 is 0 Å². The van der Waals surface area contributed by atoms with E-state index in [-0.39, 0.29) is 12.5 Å². The third-order valence-corrected chi connectivity index (χ3v) is 1.89. The van der Waals surface area contributed by atoms with Crippen LogP contribution in [0.1, 0.15) is 19.2 Å². The number of carbonyl (C=O) groups excluding carboxylic acids is 1. The summed E-state index contributed by atoms with van der Waals surface area (Å²) in [5.41, 5.74) is 0. The van der Waals surface area contributed by atoms with Crippen LogP contribution in [0.4, 0.5) is 0 Å². The predicted molar refractivity (Wildman–Crippen MR) is 51.9 cm³/mol. The van der Waals surface area contributed by atoms with Gasteiger partial charge in [0.05, 0.1) is 20.2 Å². The zero-order valence-electron chi connectivity index (χ0n) is 8.97. The van der Waals surface area contributed by atoms with E-state index in [2.05, 4.69) is 14.9 Å². The molecule has 0 spiro atoms. The molecule has 1 aromatic heterocycles. The number of ether oxygens (including phenoxy) is 1. The van der Waals surface area contributed by atoms with E-state index in [9.17, 15) is 4.79 Å². The van der Waals surface area contributed by atoms with E-state index in [1.807, 2.05) is 11.8 Å². The Morgan fingerprint density at radius 3 is 3.00 bits per heavy atom. The lowest BCUT2D eigenvalue weighted by atomic mass is 10.4. The standard InChI is InChI=1S/C9H15N3O3/c1-3-4-12(6-9(13)14-2)5-8-10-7-11-15-8/h7H,3-6H2,1-2H3. The monoisotopic (exact) mass is 213 g/mol. The molecule has 6 nitrogen and oxygen atoms in total. The van der Waals surface area contributed by atoms with Crippen LogP contribution in [0.25, 0.3) is 0 Å². The van der Waals surface area contributed by atoms with Crippen LogP contribution in [0.15, 0.2) is 10.9 Å². The molecule has 0 aliphatic carbocycles. The van der Waals surface area contributed by atoms with Gasteiger partial charge >= 0.3 is 5.97 Å². The molecule has 0 amide bonds. The molecule has 0 aliphatic rings. The maximum atomic E-state index is 11.1. The van der Waals surface area contributed by atoms with Gasteiger partial charge in [0.2, 0.25) is 5.89 Å². The van der Waals surface area contributed by atoms with E-state index in [0.717, 1.165) is 13.0 Å². The normalized spacial score (nSPS) is 10.6. The molecule has 0 saturated heterocycles. The quantitative estimate of drug-likeness (QED) is 0.639. The molecule has 15 heavy (non-hydrogen) atoms. The number of esters is 1. The molecule has 0 radical (unpaired) electrons. The number of carbonyl (C=O) groups is 1. The van der Waals surface area contributed by atoms with Crippen molar-refractivity contribution >= 4 is 5.97 Å². The Balaban J connectivity index is 2.46. The lowest BCUT2D eigenvalue weighted by Crippen LogP contribution is -2.31. The molecule has 0 fully saturated rings. The highest BCUT2D eigenvalue weighted by atomic mass is 16.5. The number of hydrogen-bond donors (Lipinski definition) is 0. The van der Waals surface area contributed by atoms with E-state index >= 15 is 0 Å². The van der Waals surface area contributed by atoms with Gasteiger partial charge in [-0.2, -0.15) is 4.98 Å². The fraction of sp³-hybridized carbons (Fsp3) is 0.667. The van der Waals surface area contributed by atoms with Crippen molar-refractivity contribution in [2.24, 2.45) is 0 Å². The molecule has 0 unspecified atom stereocenters. The molecule has 6 heteroatoms. The Morgan fingerprint density at radius 2 is 2.47 bits per heavy atom. The van der Waals surface area contributed by atoms with E-state index in [0.29, 0.717) is 12.4 Å². The van der Waals surface area contributed by atoms with Gasteiger partial charge in [-0.1, -0.05) is 12.1 Å². The Labute approximate surface area is 88.2 Å². The predicted octanol–water partition coefficient (Wildman–Crippen LogP) is 0.455. The number of methoxy groups -OCH3 is 1. The Morgan fingerprint density at radius 1 is 1.67 bits per heavy atom. The SMILES string of the molecule is CCCN(CC(=O)OC)Cc1ncno1. The van der Waals surface area contributed by atoms with E-state index in [1.54, 1.807) is 0 Å². The fourth-order valence-electron chi connectivity index (χ4n) is 1.23. The van der Waals surface area contributed by atoms with E-state index in [1.165, 1.54) is 13.4 Å². The van der Waals surface area contributed by atoms with Gasteiger partial charge in [0, 0.05) is 0 Å². The summed E-state index contributed by atoms with van der Waals surface area (Å²) < 4.78 is 9.47. The van der Waals surface area contributed by atoms with Crippen LogP contribution in [0, 0.1) is 0 Å². The molecule has 0 saturated carbocycles. The highest BCUT2D eigenvalue weighted by molar-refractivity contribution is 5.71. The molecule has 0 bridgehead atoms. The van der Waals surface area contributed by atoms with Gasteiger partial charge in [-0.05, 0) is 13.0 Å². The second-order valence-corrected chi connectivity index (χ2v) is 3.12. The minimum atomic E-state index is -0.261. The second-order valence-electron chi connectivity index (χ2n) is 3.12. The summed E-state index contributed by atoms with van der Waals surface area (Å²) in [6.07, 6.45) is 2.29. The Kier molecular flexibility index (Phi) is 4.76. The average molecular weight is 213 g/mol. The van der Waals surface area contributed by atoms with Crippen molar-refractivity contribution < 1.29 is 14.1 Å². The molecule has 0 N–H and O–H groups in total. The first-order valence-electron chi connectivity index (χ1n) is 4.81. The van der Waals surface area contributed by atoms with Gasteiger partial charge in [-0.25, -0.2) is 0 Å². The average Bonchev–Trinajstić information content (AvgIpc) is 2.70. The zero-order valence-corrected chi connectivity index (χ0v) is 8.97. The first-order valence-corrected chi connectivity index (χ1v) is 4.81. The maximum Gasteiger partial charge on any atom is 0.319 e. The summed E-state index contributed by atoms with van der Waals surface area (Å²) in [6.45, 7) is 3.55. The molecule has 1 rings (SSSR count). The Bertz CT molecular complexity index is 287. The summed E-state index contributed by atoms with van der Waals surface area (Å²) in [5.74, 6) is 0.246. The van der Waals surface area contributed by atoms with Gasteiger partial charge in [-0.15, -0.1) is 0 Å². The number of aromatic nitrogens is 2. The highest BCUT2D eigenvalue weighted by Crippen LogP contribution is 2.01. The smallest absolute Gasteiger partial charge is 0.319 e. The molecule has 0 aliphatic heterocycles. The van der Waals surface area contributed by atoms with Crippen LogP contribution in [-0.2, 0) is 16.1 Å². The van der Waals surface area contributed by atoms with Crippen molar-refractivity contribution in [3.63, 3.8) is 0 Å². The molecular weight excluding hydrogens is 198 g/mol. The number of rotatable bonds is 6. The summed E-state index contributed by atoms with van der Waals surface area (Å²) in [4.78, 5) is 16.9. The second kappa shape index (κ2) is 6.13. The molecule has 1 heterocycles. The number of nitrogens with zero attached hydrogens (tertiary/aromatic N) is 3. The van der Waals surface area contributed by atoms with E-state index in [4.69, 9.17) is 4.52 Å². The van der Waals surface area contributed by atoms with Gasteiger partial charge in [0.15, 0.2) is 6.33 Å². The number of hydrogen-bond acceptors (Lipinski definition) is 6.